The second-order valence-corrected chi connectivity index (χ2v) is 5.37. The molecule has 17 heavy (non-hydrogen) atoms. The van der Waals surface area contributed by atoms with Gasteiger partial charge < -0.3 is 15.4 Å². The van der Waals surface area contributed by atoms with Crippen LogP contribution in [0.4, 0.5) is 0 Å². The molecule has 4 heteroatoms. The first-order chi connectivity index (χ1) is 8.09. The largest absolute Gasteiger partial charge is 0.383 e. The summed E-state index contributed by atoms with van der Waals surface area (Å²) in [4.78, 5) is 4.98. The predicted molar refractivity (Wildman–Crippen MR) is 72.2 cm³/mol. The SMILES string of the molecule is CCC(CN)(COC)N1CCCN(C)CC1C. The second kappa shape index (κ2) is 6.69. The molecule has 0 amide bonds. The van der Waals surface area contributed by atoms with Crippen LogP contribution >= 0.6 is 0 Å². The first-order valence-corrected chi connectivity index (χ1v) is 6.74. The van der Waals surface area contributed by atoms with Gasteiger partial charge in [0.2, 0.25) is 0 Å². The van der Waals surface area contributed by atoms with Crippen molar-refractivity contribution in [1.29, 1.82) is 0 Å². The van der Waals surface area contributed by atoms with Crippen molar-refractivity contribution in [3.05, 3.63) is 0 Å². The maximum absolute atomic E-state index is 6.05. The van der Waals surface area contributed by atoms with Gasteiger partial charge in [-0.1, -0.05) is 6.92 Å². The van der Waals surface area contributed by atoms with Gasteiger partial charge in [-0.05, 0) is 33.4 Å². The van der Waals surface area contributed by atoms with Crippen LogP contribution in [0, 0.1) is 0 Å². The van der Waals surface area contributed by atoms with Gasteiger partial charge >= 0.3 is 0 Å². The van der Waals surface area contributed by atoms with Crippen molar-refractivity contribution in [2.75, 3.05) is 46.9 Å². The molecular formula is C13H29N3O. The lowest BCUT2D eigenvalue weighted by Crippen LogP contribution is -2.60. The molecular weight excluding hydrogens is 214 g/mol. The molecule has 1 rings (SSSR count). The molecule has 2 N–H and O–H groups in total. The van der Waals surface area contributed by atoms with Crippen molar-refractivity contribution in [2.24, 2.45) is 5.73 Å². The Bertz CT molecular complexity index is 219. The molecule has 4 nitrogen and oxygen atoms in total. The molecule has 2 atom stereocenters. The summed E-state index contributed by atoms with van der Waals surface area (Å²) in [6, 6.07) is 0.543. The van der Waals surface area contributed by atoms with Gasteiger partial charge in [-0.2, -0.15) is 0 Å². The third-order valence-electron chi connectivity index (χ3n) is 4.11. The third-order valence-corrected chi connectivity index (χ3v) is 4.11. The van der Waals surface area contributed by atoms with E-state index in [2.05, 4.69) is 30.7 Å². The van der Waals surface area contributed by atoms with Crippen LogP contribution in [0.15, 0.2) is 0 Å². The number of nitrogens with two attached hydrogens (primary N) is 1. The number of hydrogen-bond donors (Lipinski definition) is 1. The first-order valence-electron chi connectivity index (χ1n) is 6.74. The highest BCUT2D eigenvalue weighted by atomic mass is 16.5. The van der Waals surface area contributed by atoms with E-state index in [1.54, 1.807) is 7.11 Å². The van der Waals surface area contributed by atoms with Crippen LogP contribution in [-0.4, -0.2) is 68.3 Å². The minimum absolute atomic E-state index is 0.0132. The average molecular weight is 243 g/mol. The Morgan fingerprint density at radius 1 is 1.41 bits per heavy atom. The van der Waals surface area contributed by atoms with E-state index in [0.717, 1.165) is 26.1 Å². The highest BCUT2D eigenvalue weighted by Gasteiger charge is 2.37. The number of methoxy groups -OCH3 is 1. The second-order valence-electron chi connectivity index (χ2n) is 5.37. The van der Waals surface area contributed by atoms with Gasteiger partial charge in [-0.15, -0.1) is 0 Å². The van der Waals surface area contributed by atoms with Gasteiger partial charge in [0.1, 0.15) is 0 Å². The van der Waals surface area contributed by atoms with E-state index in [1.165, 1.54) is 13.0 Å². The van der Waals surface area contributed by atoms with E-state index in [-0.39, 0.29) is 5.54 Å². The van der Waals surface area contributed by atoms with Crippen molar-refractivity contribution in [3.8, 4) is 0 Å². The fourth-order valence-electron chi connectivity index (χ4n) is 3.05. The smallest absolute Gasteiger partial charge is 0.0659 e. The summed E-state index contributed by atoms with van der Waals surface area (Å²) in [5.41, 5.74) is 6.06. The van der Waals surface area contributed by atoms with Gasteiger partial charge in [0.15, 0.2) is 0 Å². The Morgan fingerprint density at radius 2 is 2.12 bits per heavy atom. The van der Waals surface area contributed by atoms with Gasteiger partial charge in [-0.25, -0.2) is 0 Å². The van der Waals surface area contributed by atoms with E-state index < -0.39 is 0 Å². The summed E-state index contributed by atoms with van der Waals surface area (Å²) in [7, 11) is 3.97. The summed E-state index contributed by atoms with van der Waals surface area (Å²) < 4.78 is 5.42. The van der Waals surface area contributed by atoms with Crippen LogP contribution in [0.3, 0.4) is 0 Å². The van der Waals surface area contributed by atoms with Crippen LogP contribution in [0.25, 0.3) is 0 Å². The highest BCUT2D eigenvalue weighted by Crippen LogP contribution is 2.24. The van der Waals surface area contributed by atoms with Gasteiger partial charge in [-0.3, -0.25) is 4.90 Å². The molecule has 0 aliphatic carbocycles. The van der Waals surface area contributed by atoms with Crippen molar-refractivity contribution >= 4 is 0 Å². The Morgan fingerprint density at radius 3 is 2.65 bits per heavy atom. The first kappa shape index (κ1) is 14.9. The maximum atomic E-state index is 6.05. The van der Waals surface area contributed by atoms with Crippen LogP contribution in [0.1, 0.15) is 26.7 Å². The normalized spacial score (nSPS) is 27.7. The minimum atomic E-state index is 0.0132. The molecule has 0 spiro atoms. The number of rotatable bonds is 5. The summed E-state index contributed by atoms with van der Waals surface area (Å²) in [5.74, 6) is 0. The van der Waals surface area contributed by atoms with E-state index in [1.807, 2.05) is 0 Å². The fraction of sp³-hybridized carbons (Fsp3) is 1.00. The predicted octanol–water partition coefficient (Wildman–Crippen LogP) is 0.766. The zero-order valence-corrected chi connectivity index (χ0v) is 11.9. The van der Waals surface area contributed by atoms with E-state index in [4.69, 9.17) is 10.5 Å². The number of ether oxygens (including phenoxy) is 1. The van der Waals surface area contributed by atoms with E-state index in [9.17, 15) is 0 Å². The molecule has 0 aromatic rings. The van der Waals surface area contributed by atoms with Gasteiger partial charge in [0.25, 0.3) is 0 Å². The molecule has 0 radical (unpaired) electrons. The molecule has 1 heterocycles. The van der Waals surface area contributed by atoms with Gasteiger partial charge in [0.05, 0.1) is 12.1 Å². The fourth-order valence-corrected chi connectivity index (χ4v) is 3.05. The highest BCUT2D eigenvalue weighted by molar-refractivity contribution is 4.95. The summed E-state index contributed by atoms with van der Waals surface area (Å²) in [6.45, 7) is 9.34. The molecule has 0 saturated carbocycles. The molecule has 1 fully saturated rings. The number of likely N-dealkylation sites (N-methyl/N-ethyl adjacent to an activating group) is 1. The molecule has 1 saturated heterocycles. The number of nitrogens with zero attached hydrogens (tertiary/aromatic N) is 2. The Hall–Kier alpha value is -0.160. The van der Waals surface area contributed by atoms with E-state index >= 15 is 0 Å². The lowest BCUT2D eigenvalue weighted by atomic mass is 9.92. The zero-order valence-electron chi connectivity index (χ0n) is 11.9. The summed E-state index contributed by atoms with van der Waals surface area (Å²) in [5, 5.41) is 0. The summed E-state index contributed by atoms with van der Waals surface area (Å²) >= 11 is 0. The quantitative estimate of drug-likeness (QED) is 0.774. The molecule has 1 aliphatic rings. The number of hydrogen-bond acceptors (Lipinski definition) is 4. The Labute approximate surface area is 106 Å². The van der Waals surface area contributed by atoms with Crippen molar-refractivity contribution in [2.45, 2.75) is 38.3 Å². The molecule has 0 bridgehead atoms. The summed E-state index contributed by atoms with van der Waals surface area (Å²) in [6.07, 6.45) is 2.26. The standard InChI is InChI=1S/C13H29N3O/c1-5-13(10-14,11-17-4)16-8-6-7-15(3)9-12(16)2/h12H,5-11,14H2,1-4H3. The third kappa shape index (κ3) is 3.41. The average Bonchev–Trinajstić information content (AvgIpc) is 2.48. The lowest BCUT2D eigenvalue weighted by Gasteiger charge is -2.45. The van der Waals surface area contributed by atoms with Crippen LogP contribution in [0.5, 0.6) is 0 Å². The van der Waals surface area contributed by atoms with Crippen molar-refractivity contribution < 1.29 is 4.74 Å². The van der Waals surface area contributed by atoms with Crippen LogP contribution < -0.4 is 5.73 Å². The minimum Gasteiger partial charge on any atom is -0.383 e. The molecule has 0 aromatic heterocycles. The van der Waals surface area contributed by atoms with E-state index in [0.29, 0.717) is 12.6 Å². The van der Waals surface area contributed by atoms with Crippen molar-refractivity contribution in [1.82, 2.24) is 9.80 Å². The van der Waals surface area contributed by atoms with Crippen LogP contribution in [0.2, 0.25) is 0 Å². The Kier molecular flexibility index (Phi) is 5.86. The molecule has 1 aliphatic heterocycles. The molecule has 0 aromatic carbocycles. The maximum Gasteiger partial charge on any atom is 0.0659 e. The monoisotopic (exact) mass is 243 g/mol. The lowest BCUT2D eigenvalue weighted by molar-refractivity contribution is -0.00896. The Balaban J connectivity index is 2.84. The van der Waals surface area contributed by atoms with Gasteiger partial charge in [0, 0.05) is 32.8 Å². The zero-order chi connectivity index (χ0) is 12.9. The molecule has 2 unspecified atom stereocenters. The van der Waals surface area contributed by atoms with Crippen molar-refractivity contribution in [3.63, 3.8) is 0 Å². The topological polar surface area (TPSA) is 41.7 Å². The van der Waals surface area contributed by atoms with Crippen LogP contribution in [-0.2, 0) is 4.74 Å². The molecule has 102 valence electrons.